The van der Waals surface area contributed by atoms with Gasteiger partial charge in [0.05, 0.1) is 17.9 Å². The highest BCUT2D eigenvalue weighted by Gasteiger charge is 2.26. The number of rotatable bonds is 6. The van der Waals surface area contributed by atoms with Crippen LogP contribution in [0.4, 0.5) is 0 Å². The molecule has 5 heteroatoms. The average molecular weight is 243 g/mol. The molecule has 2 N–H and O–H groups in total. The molecule has 0 aromatic carbocycles. The molecule has 1 amide bonds. The zero-order valence-corrected chi connectivity index (χ0v) is 10.5. The highest BCUT2D eigenvalue weighted by atomic mass is 16.5. The van der Waals surface area contributed by atoms with Crippen molar-refractivity contribution in [3.8, 4) is 0 Å². The third kappa shape index (κ3) is 4.73. The van der Waals surface area contributed by atoms with Crippen molar-refractivity contribution in [2.75, 3.05) is 13.2 Å². The summed E-state index contributed by atoms with van der Waals surface area (Å²) in [5, 5.41) is 11.6. The molecule has 0 aromatic heterocycles. The molecule has 1 atom stereocenters. The SMILES string of the molecule is CC(C)(CCNC(=O)CC1CCCO1)C(=O)O. The first kappa shape index (κ1) is 14.0. The number of hydrogen-bond donors (Lipinski definition) is 2. The van der Waals surface area contributed by atoms with E-state index in [0.717, 1.165) is 19.4 Å². The second-order valence-corrected chi connectivity index (χ2v) is 5.13. The fourth-order valence-electron chi connectivity index (χ4n) is 1.71. The van der Waals surface area contributed by atoms with E-state index in [0.29, 0.717) is 19.4 Å². The number of amides is 1. The first-order valence-electron chi connectivity index (χ1n) is 6.03. The molecule has 1 saturated heterocycles. The van der Waals surface area contributed by atoms with Gasteiger partial charge in [-0.3, -0.25) is 9.59 Å². The molecule has 1 fully saturated rings. The van der Waals surface area contributed by atoms with Crippen LogP contribution >= 0.6 is 0 Å². The number of nitrogens with one attached hydrogen (secondary N) is 1. The van der Waals surface area contributed by atoms with Gasteiger partial charge >= 0.3 is 5.97 Å². The average Bonchev–Trinajstić information content (AvgIpc) is 2.69. The van der Waals surface area contributed by atoms with E-state index in [1.165, 1.54) is 0 Å². The first-order chi connectivity index (χ1) is 7.92. The van der Waals surface area contributed by atoms with Crippen molar-refractivity contribution in [1.82, 2.24) is 5.32 Å². The summed E-state index contributed by atoms with van der Waals surface area (Å²) in [5.74, 6) is -0.899. The Labute approximate surface area is 102 Å². The maximum absolute atomic E-state index is 11.5. The van der Waals surface area contributed by atoms with Crippen molar-refractivity contribution in [2.45, 2.75) is 45.6 Å². The second-order valence-electron chi connectivity index (χ2n) is 5.13. The van der Waals surface area contributed by atoms with Gasteiger partial charge in [-0.1, -0.05) is 0 Å². The smallest absolute Gasteiger partial charge is 0.309 e. The van der Waals surface area contributed by atoms with Crippen LogP contribution in [-0.2, 0) is 14.3 Å². The Hall–Kier alpha value is -1.10. The van der Waals surface area contributed by atoms with E-state index in [2.05, 4.69) is 5.32 Å². The van der Waals surface area contributed by atoms with Crippen molar-refractivity contribution >= 4 is 11.9 Å². The molecule has 0 aromatic rings. The number of carbonyl (C=O) groups excluding carboxylic acids is 1. The normalized spacial score (nSPS) is 20.2. The second kappa shape index (κ2) is 6.00. The van der Waals surface area contributed by atoms with E-state index in [1.807, 2.05) is 0 Å². The van der Waals surface area contributed by atoms with Gasteiger partial charge in [-0.05, 0) is 33.1 Å². The van der Waals surface area contributed by atoms with Crippen molar-refractivity contribution in [3.05, 3.63) is 0 Å². The molecule has 1 unspecified atom stereocenters. The van der Waals surface area contributed by atoms with Crippen molar-refractivity contribution in [2.24, 2.45) is 5.41 Å². The molecule has 5 nitrogen and oxygen atoms in total. The van der Waals surface area contributed by atoms with Gasteiger partial charge < -0.3 is 15.2 Å². The Balaban J connectivity index is 2.17. The molecule has 98 valence electrons. The van der Waals surface area contributed by atoms with E-state index in [4.69, 9.17) is 9.84 Å². The maximum Gasteiger partial charge on any atom is 0.309 e. The lowest BCUT2D eigenvalue weighted by Crippen LogP contribution is -2.33. The monoisotopic (exact) mass is 243 g/mol. The third-order valence-corrected chi connectivity index (χ3v) is 3.09. The van der Waals surface area contributed by atoms with Crippen molar-refractivity contribution in [3.63, 3.8) is 0 Å². The van der Waals surface area contributed by atoms with Crippen molar-refractivity contribution in [1.29, 1.82) is 0 Å². The van der Waals surface area contributed by atoms with Crippen LogP contribution in [0.3, 0.4) is 0 Å². The lowest BCUT2D eigenvalue weighted by Gasteiger charge is -2.19. The summed E-state index contributed by atoms with van der Waals surface area (Å²) in [6.45, 7) is 4.44. The Bertz CT molecular complexity index is 282. The fraction of sp³-hybridized carbons (Fsp3) is 0.833. The molecule has 1 aliphatic rings. The molecule has 1 heterocycles. The molecule has 0 aliphatic carbocycles. The zero-order valence-electron chi connectivity index (χ0n) is 10.5. The topological polar surface area (TPSA) is 75.6 Å². The molecule has 0 radical (unpaired) electrons. The highest BCUT2D eigenvalue weighted by molar-refractivity contribution is 5.77. The molecule has 0 saturated carbocycles. The number of carboxylic acid groups (broad SMARTS) is 1. The molecule has 17 heavy (non-hydrogen) atoms. The van der Waals surface area contributed by atoms with Gasteiger partial charge in [0.15, 0.2) is 0 Å². The van der Waals surface area contributed by atoms with Gasteiger partial charge in [-0.15, -0.1) is 0 Å². The van der Waals surface area contributed by atoms with Crippen LogP contribution in [-0.4, -0.2) is 36.2 Å². The summed E-state index contributed by atoms with van der Waals surface area (Å²) in [6.07, 6.45) is 2.81. The summed E-state index contributed by atoms with van der Waals surface area (Å²) in [7, 11) is 0. The minimum absolute atomic E-state index is 0.0440. The summed E-state index contributed by atoms with van der Waals surface area (Å²) in [6, 6.07) is 0. The summed E-state index contributed by atoms with van der Waals surface area (Å²) >= 11 is 0. The van der Waals surface area contributed by atoms with Gasteiger partial charge in [0, 0.05) is 13.2 Å². The summed E-state index contributed by atoms with van der Waals surface area (Å²) in [4.78, 5) is 22.4. The number of aliphatic carboxylic acids is 1. The Morgan fingerprint density at radius 3 is 2.71 bits per heavy atom. The van der Waals surface area contributed by atoms with E-state index in [1.54, 1.807) is 13.8 Å². The third-order valence-electron chi connectivity index (χ3n) is 3.09. The van der Waals surface area contributed by atoms with Crippen LogP contribution in [0.2, 0.25) is 0 Å². The van der Waals surface area contributed by atoms with Crippen LogP contribution in [0.5, 0.6) is 0 Å². The number of carbonyl (C=O) groups is 2. The van der Waals surface area contributed by atoms with E-state index < -0.39 is 11.4 Å². The largest absolute Gasteiger partial charge is 0.481 e. The summed E-state index contributed by atoms with van der Waals surface area (Å²) < 4.78 is 5.35. The van der Waals surface area contributed by atoms with Gasteiger partial charge in [-0.25, -0.2) is 0 Å². The molecule has 1 aliphatic heterocycles. The highest BCUT2D eigenvalue weighted by Crippen LogP contribution is 2.19. The van der Waals surface area contributed by atoms with Crippen LogP contribution in [0.1, 0.15) is 39.5 Å². The lowest BCUT2D eigenvalue weighted by molar-refractivity contribution is -0.147. The minimum atomic E-state index is -0.842. The fourth-order valence-corrected chi connectivity index (χ4v) is 1.71. The van der Waals surface area contributed by atoms with E-state index >= 15 is 0 Å². The van der Waals surface area contributed by atoms with Gasteiger partial charge in [0.25, 0.3) is 0 Å². The predicted molar refractivity (Wildman–Crippen MR) is 62.6 cm³/mol. The lowest BCUT2D eigenvalue weighted by atomic mass is 9.90. The van der Waals surface area contributed by atoms with Crippen molar-refractivity contribution < 1.29 is 19.4 Å². The Kier molecular flexibility index (Phi) is 4.93. The number of hydrogen-bond acceptors (Lipinski definition) is 3. The quantitative estimate of drug-likeness (QED) is 0.734. The summed E-state index contributed by atoms with van der Waals surface area (Å²) in [5.41, 5.74) is -0.795. The van der Waals surface area contributed by atoms with Crippen LogP contribution in [0.25, 0.3) is 0 Å². The van der Waals surface area contributed by atoms with Gasteiger partial charge in [0.1, 0.15) is 0 Å². The minimum Gasteiger partial charge on any atom is -0.481 e. The molecule has 0 bridgehead atoms. The molecule has 0 spiro atoms. The molecule has 1 rings (SSSR count). The van der Waals surface area contributed by atoms with Crippen LogP contribution in [0.15, 0.2) is 0 Å². The maximum atomic E-state index is 11.5. The van der Waals surface area contributed by atoms with E-state index in [9.17, 15) is 9.59 Å². The number of ether oxygens (including phenoxy) is 1. The standard InChI is InChI=1S/C12H21NO4/c1-12(2,11(15)16)5-6-13-10(14)8-9-4-3-7-17-9/h9H,3-8H2,1-2H3,(H,13,14)(H,15,16). The predicted octanol–water partition coefficient (Wildman–Crippen LogP) is 1.17. The van der Waals surface area contributed by atoms with Gasteiger partial charge in [0.2, 0.25) is 5.91 Å². The Morgan fingerprint density at radius 1 is 1.47 bits per heavy atom. The van der Waals surface area contributed by atoms with Crippen LogP contribution in [0, 0.1) is 5.41 Å². The molecular weight excluding hydrogens is 222 g/mol. The van der Waals surface area contributed by atoms with E-state index in [-0.39, 0.29) is 12.0 Å². The number of carboxylic acids is 1. The first-order valence-corrected chi connectivity index (χ1v) is 6.03. The van der Waals surface area contributed by atoms with Gasteiger partial charge in [-0.2, -0.15) is 0 Å². The van der Waals surface area contributed by atoms with Crippen LogP contribution < -0.4 is 5.32 Å². The zero-order chi connectivity index (χ0) is 12.9. The molecular formula is C12H21NO4. The Morgan fingerprint density at radius 2 is 2.18 bits per heavy atom.